The number of Topliss-reactive ketones (excluding diaryl/α,β-unsaturated/α-hetero) is 2. The predicted molar refractivity (Wildman–Crippen MR) is 177 cm³/mol. The summed E-state index contributed by atoms with van der Waals surface area (Å²) in [5.74, 6) is -0.843. The minimum atomic E-state index is -1.02. The Kier molecular flexibility index (Phi) is 7.98. The fourth-order valence-corrected chi connectivity index (χ4v) is 7.94. The van der Waals surface area contributed by atoms with Gasteiger partial charge in [0.05, 0.1) is 11.8 Å². The number of aromatic nitrogens is 1. The number of benzene rings is 3. The minimum absolute atomic E-state index is 0.00868. The Morgan fingerprint density at radius 3 is 2.42 bits per heavy atom. The van der Waals surface area contributed by atoms with Crippen molar-refractivity contribution in [3.05, 3.63) is 119 Å². The Labute approximate surface area is 263 Å². The van der Waals surface area contributed by atoms with Crippen molar-refractivity contribution >= 4 is 41.1 Å². The summed E-state index contributed by atoms with van der Waals surface area (Å²) in [5.41, 5.74) is 6.17. The summed E-state index contributed by atoms with van der Waals surface area (Å²) in [6.45, 7) is 2.13. The number of ketones is 2. The summed E-state index contributed by atoms with van der Waals surface area (Å²) in [7, 11) is -1.02. The van der Waals surface area contributed by atoms with Crippen LogP contribution in [0, 0.1) is 17.8 Å². The van der Waals surface area contributed by atoms with Gasteiger partial charge in [-0.25, -0.2) is 0 Å². The summed E-state index contributed by atoms with van der Waals surface area (Å²) in [6, 6.07) is 24.5. The fourth-order valence-electron chi connectivity index (χ4n) is 7.94. The van der Waals surface area contributed by atoms with Crippen molar-refractivity contribution in [1.82, 2.24) is 4.98 Å². The lowest BCUT2D eigenvalue weighted by molar-refractivity contribution is 0.0599. The maximum absolute atomic E-state index is 14.0. The number of nitrogens with zero attached hydrogens (tertiary/aromatic N) is 1. The molecule has 3 aromatic carbocycles. The molecule has 1 saturated heterocycles. The van der Waals surface area contributed by atoms with Crippen LogP contribution in [0.25, 0.3) is 22.4 Å². The number of allylic oxidation sites excluding steroid dienone is 2. The van der Waals surface area contributed by atoms with Crippen LogP contribution in [-0.2, 0) is 4.65 Å². The van der Waals surface area contributed by atoms with Gasteiger partial charge in [0.15, 0.2) is 11.6 Å². The number of carbonyl (C=O) groups excluding carboxylic acids is 2. The topological polar surface area (TPSA) is 96.7 Å². The highest BCUT2D eigenvalue weighted by atomic mass is 16.5. The van der Waals surface area contributed by atoms with Crippen LogP contribution in [-0.4, -0.2) is 39.9 Å². The number of hydrogen-bond donors (Lipinski definition) is 2. The molecule has 4 aromatic rings. The first-order valence-corrected chi connectivity index (χ1v) is 16.0. The number of pyridine rings is 1. The molecule has 7 rings (SSSR count). The predicted octanol–water partition coefficient (Wildman–Crippen LogP) is 7.57. The van der Waals surface area contributed by atoms with Crippen molar-refractivity contribution in [2.24, 2.45) is 17.8 Å². The van der Waals surface area contributed by atoms with Gasteiger partial charge in [-0.3, -0.25) is 14.6 Å². The summed E-state index contributed by atoms with van der Waals surface area (Å²) < 4.78 is 6.29. The van der Waals surface area contributed by atoms with E-state index in [0.717, 1.165) is 46.0 Å². The molecule has 226 valence electrons. The minimum Gasteiger partial charge on any atom is -0.507 e. The molecule has 2 aliphatic carbocycles. The second-order valence-corrected chi connectivity index (χ2v) is 12.5. The van der Waals surface area contributed by atoms with E-state index < -0.39 is 19.0 Å². The second-order valence-electron chi connectivity index (χ2n) is 12.5. The van der Waals surface area contributed by atoms with E-state index in [1.165, 1.54) is 5.57 Å². The van der Waals surface area contributed by atoms with Gasteiger partial charge in [-0.2, -0.15) is 0 Å². The van der Waals surface area contributed by atoms with Gasteiger partial charge in [-0.1, -0.05) is 79.6 Å². The largest absolute Gasteiger partial charge is 0.507 e. The molecular weight excluding hydrogens is 561 g/mol. The lowest BCUT2D eigenvalue weighted by Crippen LogP contribution is -2.50. The molecule has 6 nitrogen and oxygen atoms in total. The van der Waals surface area contributed by atoms with Gasteiger partial charge < -0.3 is 14.8 Å². The lowest BCUT2D eigenvalue weighted by Gasteiger charge is -2.47. The Hall–Kier alpha value is -4.33. The first-order chi connectivity index (χ1) is 21.9. The van der Waals surface area contributed by atoms with Gasteiger partial charge in [0, 0.05) is 34.5 Å². The zero-order chi connectivity index (χ0) is 31.1. The summed E-state index contributed by atoms with van der Waals surface area (Å²) in [4.78, 5) is 32.4. The van der Waals surface area contributed by atoms with E-state index in [0.29, 0.717) is 36.7 Å². The van der Waals surface area contributed by atoms with Gasteiger partial charge >= 0.3 is 7.12 Å². The molecule has 2 heterocycles. The van der Waals surface area contributed by atoms with Gasteiger partial charge in [0.25, 0.3) is 0 Å². The van der Waals surface area contributed by atoms with E-state index in [-0.39, 0.29) is 29.3 Å². The first kappa shape index (κ1) is 29.4. The van der Waals surface area contributed by atoms with Crippen LogP contribution in [0.1, 0.15) is 71.0 Å². The highest BCUT2D eigenvalue weighted by Crippen LogP contribution is 2.52. The van der Waals surface area contributed by atoms with Crippen molar-refractivity contribution in [2.45, 2.75) is 51.5 Å². The van der Waals surface area contributed by atoms with Gasteiger partial charge in [-0.05, 0) is 84.3 Å². The van der Waals surface area contributed by atoms with E-state index in [9.17, 15) is 19.7 Å². The van der Waals surface area contributed by atoms with Crippen LogP contribution < -0.4 is 0 Å². The van der Waals surface area contributed by atoms with E-state index in [4.69, 9.17) is 4.65 Å². The SMILES string of the molecule is CCCC1=C2[C@@H](CC/C(=C/c3ccc(O)c4ccccc34)c3ccccn3)OB(O)C[C@@H]2[C@@H]2C(=O)c3ccccc3C(=O)[C@@H]2C1. The van der Waals surface area contributed by atoms with E-state index in [1.54, 1.807) is 24.4 Å². The monoisotopic (exact) mass is 597 g/mol. The van der Waals surface area contributed by atoms with Crippen molar-refractivity contribution in [1.29, 1.82) is 0 Å². The number of phenolic OH excluding ortho intramolecular Hbond substituents is 1. The third kappa shape index (κ3) is 5.34. The number of hydrogen-bond acceptors (Lipinski definition) is 6. The zero-order valence-corrected chi connectivity index (χ0v) is 25.4. The molecule has 0 radical (unpaired) electrons. The molecule has 2 N–H and O–H groups in total. The van der Waals surface area contributed by atoms with Gasteiger partial charge in [0.2, 0.25) is 0 Å². The molecule has 0 spiro atoms. The van der Waals surface area contributed by atoms with Gasteiger partial charge in [0.1, 0.15) is 5.75 Å². The van der Waals surface area contributed by atoms with Gasteiger partial charge in [-0.15, -0.1) is 0 Å². The molecular formula is C38H36BNO5. The number of carbonyl (C=O) groups is 2. The fraction of sp³-hybridized carbons (Fsp3) is 0.289. The second kappa shape index (κ2) is 12.2. The molecule has 0 bridgehead atoms. The van der Waals surface area contributed by atoms with Crippen molar-refractivity contribution in [3.8, 4) is 5.75 Å². The van der Waals surface area contributed by atoms with Crippen molar-refractivity contribution in [3.63, 3.8) is 0 Å². The molecule has 4 atom stereocenters. The number of rotatable bonds is 7. The third-order valence-corrected chi connectivity index (χ3v) is 9.85. The summed E-state index contributed by atoms with van der Waals surface area (Å²) >= 11 is 0. The maximum atomic E-state index is 14.0. The number of phenols is 1. The molecule has 1 aromatic heterocycles. The van der Waals surface area contributed by atoms with E-state index in [1.807, 2.05) is 60.7 Å². The Bertz CT molecular complexity index is 1850. The van der Waals surface area contributed by atoms with Crippen LogP contribution in [0.3, 0.4) is 0 Å². The van der Waals surface area contributed by atoms with E-state index in [2.05, 4.69) is 18.0 Å². The highest BCUT2D eigenvalue weighted by Gasteiger charge is 2.53. The maximum Gasteiger partial charge on any atom is 0.455 e. The molecule has 0 saturated carbocycles. The first-order valence-electron chi connectivity index (χ1n) is 16.0. The summed E-state index contributed by atoms with van der Waals surface area (Å²) in [6.07, 6.45) is 7.34. The molecule has 0 unspecified atom stereocenters. The quantitative estimate of drug-likeness (QED) is 0.169. The Morgan fingerprint density at radius 1 is 0.933 bits per heavy atom. The molecule has 1 fully saturated rings. The smallest absolute Gasteiger partial charge is 0.455 e. The van der Waals surface area contributed by atoms with Crippen LogP contribution in [0.2, 0.25) is 6.32 Å². The third-order valence-electron chi connectivity index (χ3n) is 9.85. The zero-order valence-electron chi connectivity index (χ0n) is 25.4. The number of aromatic hydroxyl groups is 1. The van der Waals surface area contributed by atoms with Crippen LogP contribution in [0.4, 0.5) is 0 Å². The van der Waals surface area contributed by atoms with Crippen LogP contribution in [0.5, 0.6) is 5.75 Å². The molecule has 1 aliphatic heterocycles. The average molecular weight is 598 g/mol. The molecule has 45 heavy (non-hydrogen) atoms. The Morgan fingerprint density at radius 2 is 1.67 bits per heavy atom. The normalized spacial score (nSPS) is 23.2. The van der Waals surface area contributed by atoms with Crippen LogP contribution >= 0.6 is 0 Å². The molecule has 0 amide bonds. The summed E-state index contributed by atoms with van der Waals surface area (Å²) in [5, 5.41) is 23.2. The lowest BCUT2D eigenvalue weighted by atomic mass is 9.54. The van der Waals surface area contributed by atoms with Crippen molar-refractivity contribution in [2.75, 3.05) is 0 Å². The molecule has 7 heteroatoms. The number of fused-ring (bicyclic) bond motifs is 5. The van der Waals surface area contributed by atoms with Crippen molar-refractivity contribution < 1.29 is 24.4 Å². The van der Waals surface area contributed by atoms with Crippen LogP contribution in [0.15, 0.2) is 96.2 Å². The Balaban J connectivity index is 1.26. The van der Waals surface area contributed by atoms with E-state index >= 15 is 0 Å². The highest BCUT2D eigenvalue weighted by molar-refractivity contribution is 6.43. The standard InChI is InChI=1S/C38H36BNO5/c1-2-9-25-21-30-36(38(43)29-13-6-5-12-28(29)37(30)42)31-22-39(44)45-34(35(25)31)18-16-24(32-14-7-8-19-40-32)20-23-15-17-33(41)27-11-4-3-10-26(23)27/h3-8,10-15,17,19-20,30-31,34,36,41,44H,2,9,16,18,21-22H2,1H3/b24-20-/t30-,31+,34-,36-/m1/s1. The average Bonchev–Trinajstić information content (AvgIpc) is 3.06. The molecule has 3 aliphatic rings.